The number of rotatable bonds is 6. The van der Waals surface area contributed by atoms with E-state index in [1.807, 2.05) is 0 Å². The van der Waals surface area contributed by atoms with Gasteiger partial charge < -0.3 is 10.2 Å². The molecular weight excluding hydrogens is 292 g/mol. The Morgan fingerprint density at radius 1 is 1.50 bits per heavy atom. The molecule has 0 radical (unpaired) electrons. The van der Waals surface area contributed by atoms with E-state index >= 15 is 0 Å². The molecule has 0 aromatic carbocycles. The Bertz CT molecular complexity index is 527. The highest BCUT2D eigenvalue weighted by atomic mass is 32.2. The van der Waals surface area contributed by atoms with E-state index in [0.29, 0.717) is 11.3 Å². The van der Waals surface area contributed by atoms with Crippen molar-refractivity contribution in [3.05, 3.63) is 16.3 Å². The average Bonchev–Trinajstić information content (AvgIpc) is 2.75. The Morgan fingerprint density at radius 3 is 2.56 bits per heavy atom. The van der Waals surface area contributed by atoms with Crippen LogP contribution in [0.1, 0.15) is 9.67 Å². The number of carboxylic acids is 1. The van der Waals surface area contributed by atoms with Gasteiger partial charge in [-0.15, -0.1) is 11.3 Å². The van der Waals surface area contributed by atoms with E-state index in [9.17, 15) is 22.0 Å². The topological polar surface area (TPSA) is 104 Å². The zero-order valence-corrected chi connectivity index (χ0v) is 10.3. The molecule has 1 aromatic rings. The summed E-state index contributed by atoms with van der Waals surface area (Å²) in [4.78, 5) is 10.0. The van der Waals surface area contributed by atoms with Crippen molar-refractivity contribution in [2.24, 2.45) is 0 Å². The van der Waals surface area contributed by atoms with Gasteiger partial charge in [0.25, 0.3) is 6.43 Å². The largest absolute Gasteiger partial charge is 0.477 e. The molecule has 18 heavy (non-hydrogen) atoms. The van der Waals surface area contributed by atoms with Crippen molar-refractivity contribution < 1.29 is 32.2 Å². The number of aliphatic hydroxyl groups is 1. The van der Waals surface area contributed by atoms with Gasteiger partial charge in [-0.1, -0.05) is 0 Å². The van der Waals surface area contributed by atoms with Crippen molar-refractivity contribution in [3.8, 4) is 0 Å². The van der Waals surface area contributed by atoms with Gasteiger partial charge in [-0.2, -0.15) is 0 Å². The number of carboxylic acid groups (broad SMARTS) is 1. The van der Waals surface area contributed by atoms with Crippen LogP contribution in [0.15, 0.2) is 16.3 Å². The normalized spacial score (nSPS) is 13.8. The second-order valence-corrected chi connectivity index (χ2v) is 5.88. The van der Waals surface area contributed by atoms with Crippen molar-refractivity contribution in [1.29, 1.82) is 0 Å². The first-order valence-electron chi connectivity index (χ1n) is 4.51. The fourth-order valence-electron chi connectivity index (χ4n) is 0.939. The van der Waals surface area contributed by atoms with Crippen LogP contribution < -0.4 is 4.72 Å². The number of hydrogen-bond acceptors (Lipinski definition) is 5. The van der Waals surface area contributed by atoms with Crippen LogP contribution in [0.2, 0.25) is 0 Å². The van der Waals surface area contributed by atoms with E-state index in [2.05, 4.69) is 0 Å². The molecule has 0 bridgehead atoms. The molecule has 1 heterocycles. The molecule has 6 nitrogen and oxygen atoms in total. The number of sulfonamides is 1. The van der Waals surface area contributed by atoms with Gasteiger partial charge in [-0.3, -0.25) is 0 Å². The third kappa shape index (κ3) is 3.70. The van der Waals surface area contributed by atoms with Crippen LogP contribution in [0.5, 0.6) is 0 Å². The second kappa shape index (κ2) is 5.69. The Balaban J connectivity index is 2.77. The summed E-state index contributed by atoms with van der Waals surface area (Å²) in [7, 11) is -4.10. The van der Waals surface area contributed by atoms with Crippen molar-refractivity contribution in [2.45, 2.75) is 17.4 Å². The second-order valence-electron chi connectivity index (χ2n) is 3.21. The number of hydrogen-bond donors (Lipinski definition) is 3. The molecule has 0 aliphatic carbocycles. The lowest BCUT2D eigenvalue weighted by atomic mass is 10.4. The maximum Gasteiger partial charge on any atom is 0.345 e. The number of alkyl halides is 2. The molecule has 0 spiro atoms. The monoisotopic (exact) mass is 301 g/mol. The predicted octanol–water partition coefficient (Wildman–Crippen LogP) is 0.351. The molecule has 3 N–H and O–H groups in total. The number of halogens is 2. The highest BCUT2D eigenvalue weighted by Crippen LogP contribution is 2.19. The van der Waals surface area contributed by atoms with Gasteiger partial charge >= 0.3 is 5.97 Å². The zero-order valence-electron chi connectivity index (χ0n) is 8.71. The molecule has 0 saturated carbocycles. The quantitative estimate of drug-likeness (QED) is 0.703. The first-order chi connectivity index (χ1) is 8.24. The number of carbonyl (C=O) groups is 1. The third-order valence-electron chi connectivity index (χ3n) is 1.87. The molecule has 1 unspecified atom stereocenters. The molecule has 1 rings (SSSR count). The van der Waals surface area contributed by atoms with Crippen LogP contribution in [-0.2, 0) is 10.0 Å². The molecule has 0 saturated heterocycles. The fraction of sp³-hybridized carbons (Fsp3) is 0.375. The standard InChI is InChI=1S/C8H9F2NO5S2/c9-7(10)5(12)2-11-18(15,16)4-1-6(8(13)14)17-3-4/h1,3,5,7,11-12H,2H2,(H,13,14). The van der Waals surface area contributed by atoms with Gasteiger partial charge in [-0.25, -0.2) is 26.7 Å². The summed E-state index contributed by atoms with van der Waals surface area (Å²) < 4.78 is 48.8. The summed E-state index contributed by atoms with van der Waals surface area (Å²) in [6.07, 6.45) is -5.18. The molecule has 0 fully saturated rings. The van der Waals surface area contributed by atoms with Crippen LogP contribution in [0.4, 0.5) is 8.78 Å². The molecule has 0 amide bonds. The Labute approximate surface area is 105 Å². The first-order valence-corrected chi connectivity index (χ1v) is 6.88. The van der Waals surface area contributed by atoms with Crippen LogP contribution >= 0.6 is 11.3 Å². The molecule has 1 aromatic heterocycles. The minimum Gasteiger partial charge on any atom is -0.477 e. The predicted molar refractivity (Wildman–Crippen MR) is 58.5 cm³/mol. The minimum atomic E-state index is -4.10. The number of aliphatic hydroxyl groups excluding tert-OH is 1. The Hall–Kier alpha value is -1.10. The van der Waals surface area contributed by atoms with Gasteiger partial charge in [0, 0.05) is 11.9 Å². The van der Waals surface area contributed by atoms with Gasteiger partial charge in [0.2, 0.25) is 10.0 Å². The van der Waals surface area contributed by atoms with E-state index in [1.165, 1.54) is 0 Å². The lowest BCUT2D eigenvalue weighted by Gasteiger charge is -2.10. The van der Waals surface area contributed by atoms with E-state index in [-0.39, 0.29) is 9.77 Å². The van der Waals surface area contributed by atoms with Crippen LogP contribution in [0.25, 0.3) is 0 Å². The number of thiophene rings is 1. The van der Waals surface area contributed by atoms with E-state index < -0.39 is 35.1 Å². The average molecular weight is 301 g/mol. The van der Waals surface area contributed by atoms with Gasteiger partial charge in [0.05, 0.1) is 4.90 Å². The van der Waals surface area contributed by atoms with Crippen molar-refractivity contribution in [2.75, 3.05) is 6.54 Å². The van der Waals surface area contributed by atoms with Gasteiger partial charge in [-0.05, 0) is 6.07 Å². The summed E-state index contributed by atoms with van der Waals surface area (Å²) in [5.74, 6) is -1.28. The molecule has 102 valence electrons. The van der Waals surface area contributed by atoms with E-state index in [0.717, 1.165) is 11.4 Å². The summed E-state index contributed by atoms with van der Waals surface area (Å²) in [5.41, 5.74) is 0. The van der Waals surface area contributed by atoms with Crippen LogP contribution in [-0.4, -0.2) is 43.7 Å². The van der Waals surface area contributed by atoms with Gasteiger partial charge in [0.1, 0.15) is 11.0 Å². The summed E-state index contributed by atoms with van der Waals surface area (Å²) in [6, 6.07) is 0.907. The molecular formula is C8H9F2NO5S2. The smallest absolute Gasteiger partial charge is 0.345 e. The minimum absolute atomic E-state index is 0.190. The summed E-state index contributed by atoms with van der Waals surface area (Å²) in [6.45, 7) is -0.849. The van der Waals surface area contributed by atoms with Crippen molar-refractivity contribution in [3.63, 3.8) is 0 Å². The number of aromatic carboxylic acids is 1. The van der Waals surface area contributed by atoms with E-state index in [4.69, 9.17) is 10.2 Å². The molecule has 0 aliphatic heterocycles. The van der Waals surface area contributed by atoms with Crippen molar-refractivity contribution >= 4 is 27.3 Å². The lowest BCUT2D eigenvalue weighted by molar-refractivity contribution is -0.000451. The highest BCUT2D eigenvalue weighted by Gasteiger charge is 2.22. The maximum absolute atomic E-state index is 12.0. The molecule has 10 heteroatoms. The van der Waals surface area contributed by atoms with Gasteiger partial charge in [0.15, 0.2) is 0 Å². The SMILES string of the molecule is O=C(O)c1cc(S(=O)(=O)NCC(O)C(F)F)cs1. The third-order valence-corrected chi connectivity index (χ3v) is 4.34. The number of nitrogens with one attached hydrogen (secondary N) is 1. The molecule has 0 aliphatic rings. The van der Waals surface area contributed by atoms with Crippen LogP contribution in [0.3, 0.4) is 0 Å². The first kappa shape index (κ1) is 15.0. The summed E-state index contributed by atoms with van der Waals surface area (Å²) >= 11 is 0.696. The Morgan fingerprint density at radius 2 is 2.11 bits per heavy atom. The maximum atomic E-state index is 12.0. The lowest BCUT2D eigenvalue weighted by Crippen LogP contribution is -2.35. The summed E-state index contributed by atoms with van der Waals surface area (Å²) in [5, 5.41) is 18.4. The highest BCUT2D eigenvalue weighted by molar-refractivity contribution is 7.89. The van der Waals surface area contributed by atoms with E-state index in [1.54, 1.807) is 4.72 Å². The zero-order chi connectivity index (χ0) is 13.9. The fourth-order valence-corrected chi connectivity index (χ4v) is 3.10. The molecule has 1 atom stereocenters. The Kier molecular flexibility index (Phi) is 4.73. The van der Waals surface area contributed by atoms with Crippen molar-refractivity contribution in [1.82, 2.24) is 4.72 Å². The van der Waals surface area contributed by atoms with Crippen LogP contribution in [0, 0.1) is 0 Å².